The van der Waals surface area contributed by atoms with Crippen LogP contribution in [0.5, 0.6) is 0 Å². The lowest BCUT2D eigenvalue weighted by molar-refractivity contribution is 0.660. The molecule has 0 amide bonds. The lowest BCUT2D eigenvalue weighted by atomic mass is 9.82. The Hall–Kier alpha value is -18.9. The van der Waals surface area contributed by atoms with Gasteiger partial charge >= 0.3 is 0 Å². The van der Waals surface area contributed by atoms with E-state index >= 15 is 0 Å². The number of fused-ring (bicyclic) bond motifs is 19. The van der Waals surface area contributed by atoms with Crippen molar-refractivity contribution in [2.24, 2.45) is 0 Å². The molecule has 2 aliphatic rings. The van der Waals surface area contributed by atoms with E-state index in [2.05, 4.69) is 590 Å². The first-order valence-corrected chi connectivity index (χ1v) is 51.4. The molecule has 0 unspecified atom stereocenters. The van der Waals surface area contributed by atoms with Crippen LogP contribution in [0.1, 0.15) is 49.9 Å². The molecule has 0 atom stereocenters. The molecule has 0 aliphatic heterocycles. The number of aromatic nitrogens is 4. The maximum Gasteiger partial charge on any atom is 0.0547 e. The van der Waals surface area contributed by atoms with E-state index in [1.165, 1.54) is 221 Å². The van der Waals surface area contributed by atoms with Gasteiger partial charge < -0.3 is 28.1 Å². The normalized spacial score (nSPS) is 12.7. The second-order valence-electron chi connectivity index (χ2n) is 40.6. The fourth-order valence-corrected chi connectivity index (χ4v) is 24.4. The maximum atomic E-state index is 2.48. The number of nitrogens with zero attached hydrogens (tertiary/aromatic N) is 6. The van der Waals surface area contributed by atoms with Crippen LogP contribution >= 0.6 is 0 Å². The standard InChI is InChI=1S/C73H51N3.C69H49N3/c1-73(2)66-46-55(38-41-59(66)60-42-39-56(47-67(60)73)76-69-27-15-11-23-62(69)63-24-12-16-28-70(63)76)74(54-36-33-51(34-37-54)50-31-29-49(30-32-50)48-17-5-3-6-18-48)71-44-43-57(58-21-9-10-22-61(58)71)52-35-40-65-64-25-13-14-26-68(64)75(72(65)45-52)53-19-7-4-8-20-53;1-69(2)63-44-55(38-41-57(63)58-42-39-56(45-64(58)69)72-66-23-13-9-19-59(66)60-20-10-14-24-67(60)72)70(53-34-29-49(30-35-53)48-27-25-47(26-28-48)46-15-5-3-6-16-46)54-36-31-50(32-37-54)51-33-40-62-61-21-11-12-22-65(61)71(68(62)43-51)52-17-7-4-8-18-52/h3-47H,1-2H3;3-45H,1-2H3. The van der Waals surface area contributed by atoms with Crippen molar-refractivity contribution in [3.05, 3.63) is 556 Å². The number of hydrogen-bond acceptors (Lipinski definition) is 2. The molecule has 0 fully saturated rings. The van der Waals surface area contributed by atoms with Gasteiger partial charge in [0, 0.05) is 110 Å². The first kappa shape index (κ1) is 87.0. The summed E-state index contributed by atoms with van der Waals surface area (Å²) in [7, 11) is 0. The van der Waals surface area contributed by atoms with E-state index in [1.807, 2.05) is 0 Å². The number of para-hydroxylation sites is 8. The van der Waals surface area contributed by atoms with Crippen molar-refractivity contribution >= 4 is 132 Å². The quantitative estimate of drug-likeness (QED) is 0.0964. The molecule has 4 aromatic heterocycles. The van der Waals surface area contributed by atoms with Gasteiger partial charge in [0.1, 0.15) is 0 Å². The highest BCUT2D eigenvalue weighted by molar-refractivity contribution is 6.15. The Balaban J connectivity index is 0.000000143. The fraction of sp³-hybridized carbons (Fsp3) is 0.0423. The number of benzene rings is 23. The van der Waals surface area contributed by atoms with Gasteiger partial charge in [-0.25, -0.2) is 0 Å². The highest BCUT2D eigenvalue weighted by Crippen LogP contribution is 2.56. The molecule has 698 valence electrons. The molecule has 23 aromatic carbocycles. The van der Waals surface area contributed by atoms with Gasteiger partial charge in [-0.05, 0) is 280 Å². The van der Waals surface area contributed by atoms with Crippen LogP contribution in [-0.2, 0) is 10.8 Å². The van der Waals surface area contributed by atoms with Gasteiger partial charge in [0.15, 0.2) is 0 Å². The van der Waals surface area contributed by atoms with E-state index in [9.17, 15) is 0 Å². The summed E-state index contributed by atoms with van der Waals surface area (Å²) in [6, 6.07) is 196. The third-order valence-corrected chi connectivity index (χ3v) is 31.7. The van der Waals surface area contributed by atoms with Crippen LogP contribution in [0.15, 0.2) is 534 Å². The van der Waals surface area contributed by atoms with Crippen LogP contribution in [0.2, 0.25) is 0 Å². The minimum Gasteiger partial charge on any atom is -0.310 e. The topological polar surface area (TPSA) is 26.2 Å². The Kier molecular flexibility index (Phi) is 20.6. The van der Waals surface area contributed by atoms with E-state index in [4.69, 9.17) is 0 Å². The minimum absolute atomic E-state index is 0.248. The SMILES string of the molecule is CC1(C)c2cc(N(c3ccc(-c4ccc(-c5ccccc5)cc4)cc3)c3ccc(-c4ccc5c6ccccc6n(-c6ccccc6)c5c4)c4ccccc34)ccc2-c2ccc(-n3c4ccccc4c4ccccc43)cc21.CC1(C)c2cc(N(c3ccc(-c4ccc(-c5ccccc5)cc4)cc3)c3ccc(-c4ccc5c6ccccc6n(-c6ccccc6)c5c4)cc3)ccc2-c2ccc(-n3c4ccccc4c4ccccc43)cc21. The van der Waals surface area contributed by atoms with Crippen molar-refractivity contribution < 1.29 is 0 Å². The van der Waals surface area contributed by atoms with Gasteiger partial charge in [0.05, 0.1) is 49.8 Å². The minimum atomic E-state index is -0.274. The summed E-state index contributed by atoms with van der Waals surface area (Å²) in [6.45, 7) is 9.58. The molecular formula is C142H100N6. The largest absolute Gasteiger partial charge is 0.310 e. The van der Waals surface area contributed by atoms with Gasteiger partial charge in [-0.2, -0.15) is 0 Å². The lowest BCUT2D eigenvalue weighted by Gasteiger charge is -2.29. The summed E-state index contributed by atoms with van der Waals surface area (Å²) >= 11 is 0. The van der Waals surface area contributed by atoms with Crippen molar-refractivity contribution in [1.29, 1.82) is 0 Å². The number of anilines is 6. The maximum absolute atomic E-state index is 2.48. The monoisotopic (exact) mass is 1890 g/mol. The summed E-state index contributed by atoms with van der Waals surface area (Å²) in [5, 5.41) is 12.5. The summed E-state index contributed by atoms with van der Waals surface area (Å²) in [5.41, 5.74) is 45.4. The highest BCUT2D eigenvalue weighted by atomic mass is 15.2. The van der Waals surface area contributed by atoms with Gasteiger partial charge in [-0.15, -0.1) is 0 Å². The zero-order valence-corrected chi connectivity index (χ0v) is 82.5. The Morgan fingerprint density at radius 1 is 0.142 bits per heavy atom. The molecule has 0 saturated carbocycles. The Bertz CT molecular complexity index is 9810. The molecule has 0 bridgehead atoms. The van der Waals surface area contributed by atoms with E-state index in [-0.39, 0.29) is 10.8 Å². The molecule has 0 radical (unpaired) electrons. The predicted molar refractivity (Wildman–Crippen MR) is 625 cm³/mol. The van der Waals surface area contributed by atoms with Gasteiger partial charge in [-0.3, -0.25) is 0 Å². The van der Waals surface area contributed by atoms with Crippen molar-refractivity contribution in [3.63, 3.8) is 0 Å². The highest BCUT2D eigenvalue weighted by Gasteiger charge is 2.39. The van der Waals surface area contributed by atoms with Crippen LogP contribution in [0, 0.1) is 0 Å². The molecule has 0 N–H and O–H groups in total. The van der Waals surface area contributed by atoms with Crippen LogP contribution in [-0.4, -0.2) is 18.3 Å². The molecule has 148 heavy (non-hydrogen) atoms. The number of hydrogen-bond donors (Lipinski definition) is 0. The van der Waals surface area contributed by atoms with Crippen molar-refractivity contribution in [2.75, 3.05) is 9.80 Å². The second-order valence-corrected chi connectivity index (χ2v) is 40.6. The van der Waals surface area contributed by atoms with Crippen LogP contribution in [0.3, 0.4) is 0 Å². The van der Waals surface area contributed by atoms with E-state index < -0.39 is 0 Å². The molecule has 0 saturated heterocycles. The van der Waals surface area contributed by atoms with Crippen LogP contribution < -0.4 is 9.80 Å². The van der Waals surface area contributed by atoms with E-state index in [0.29, 0.717) is 0 Å². The first-order valence-electron chi connectivity index (χ1n) is 51.4. The summed E-state index contributed by atoms with van der Waals surface area (Å²) in [6.07, 6.45) is 0. The Morgan fingerprint density at radius 2 is 0.378 bits per heavy atom. The van der Waals surface area contributed by atoms with Gasteiger partial charge in [0.25, 0.3) is 0 Å². The van der Waals surface area contributed by atoms with Gasteiger partial charge in [-0.1, -0.05) is 398 Å². The van der Waals surface area contributed by atoms with E-state index in [0.717, 1.165) is 45.5 Å². The molecule has 4 heterocycles. The fourth-order valence-electron chi connectivity index (χ4n) is 24.4. The van der Waals surface area contributed by atoms with Crippen molar-refractivity contribution in [3.8, 4) is 112 Å². The molecule has 6 heteroatoms. The number of rotatable bonds is 16. The Labute approximate surface area is 860 Å². The second kappa shape index (κ2) is 35.0. The average molecular weight is 1890 g/mol. The molecule has 0 spiro atoms. The zero-order valence-electron chi connectivity index (χ0n) is 82.5. The summed E-state index contributed by atoms with van der Waals surface area (Å²) in [5.74, 6) is 0. The predicted octanol–water partition coefficient (Wildman–Crippen LogP) is 38.5. The third-order valence-electron chi connectivity index (χ3n) is 31.7. The zero-order chi connectivity index (χ0) is 98.4. The smallest absolute Gasteiger partial charge is 0.0547 e. The summed E-state index contributed by atoms with van der Waals surface area (Å²) < 4.78 is 9.68. The molecule has 29 rings (SSSR count). The molecular weight excluding hydrogens is 1790 g/mol. The third kappa shape index (κ3) is 14.4. The molecule has 6 nitrogen and oxygen atoms in total. The van der Waals surface area contributed by atoms with Crippen LogP contribution in [0.4, 0.5) is 34.1 Å². The Morgan fingerprint density at radius 3 is 0.743 bits per heavy atom. The van der Waals surface area contributed by atoms with E-state index in [1.54, 1.807) is 0 Å². The summed E-state index contributed by atoms with van der Waals surface area (Å²) in [4.78, 5) is 4.90. The molecule has 27 aromatic rings. The van der Waals surface area contributed by atoms with Crippen LogP contribution in [0.25, 0.3) is 210 Å². The van der Waals surface area contributed by atoms with Crippen molar-refractivity contribution in [2.45, 2.75) is 38.5 Å². The lowest BCUT2D eigenvalue weighted by Crippen LogP contribution is -2.17. The molecule has 2 aliphatic carbocycles. The van der Waals surface area contributed by atoms with Crippen molar-refractivity contribution in [1.82, 2.24) is 18.3 Å². The average Bonchev–Trinajstić information content (AvgIpc) is 1.60. The van der Waals surface area contributed by atoms with Gasteiger partial charge in [0.2, 0.25) is 0 Å². The first-order chi connectivity index (χ1) is 72.9.